The second-order valence-corrected chi connectivity index (χ2v) is 2.56. The van der Waals surface area contributed by atoms with Crippen LogP contribution in [0.3, 0.4) is 0 Å². The Hall–Kier alpha value is -2.11. The van der Waals surface area contributed by atoms with E-state index < -0.39 is 4.92 Å². The number of aromatic nitrogens is 2. The van der Waals surface area contributed by atoms with Crippen LogP contribution >= 0.6 is 0 Å². The van der Waals surface area contributed by atoms with Gasteiger partial charge in [0.15, 0.2) is 5.52 Å². The molecule has 1 aromatic heterocycles. The number of nitrogens with one attached hydrogen (secondary N) is 1. The minimum atomic E-state index is -0.529. The first-order valence-corrected chi connectivity index (χ1v) is 3.56. The fourth-order valence-corrected chi connectivity index (χ4v) is 1.20. The summed E-state index contributed by atoms with van der Waals surface area (Å²) in [7, 11) is 0. The lowest BCUT2D eigenvalue weighted by molar-refractivity contribution is -0.382. The zero-order chi connectivity index (χ0) is 9.42. The molecule has 0 saturated carbocycles. The predicted molar refractivity (Wildman–Crippen MR) is 47.2 cm³/mol. The van der Waals surface area contributed by atoms with Crippen molar-refractivity contribution in [3.8, 4) is 0 Å². The topological polar surface area (TPSA) is 97.8 Å². The summed E-state index contributed by atoms with van der Waals surface area (Å²) in [4.78, 5) is 16.7. The number of nitro benzene ring substituents is 1. The summed E-state index contributed by atoms with van der Waals surface area (Å²) in [5.74, 6) is 0. The molecule has 0 atom stereocenters. The highest BCUT2D eigenvalue weighted by Crippen LogP contribution is 2.28. The van der Waals surface area contributed by atoms with E-state index in [1.54, 1.807) is 6.07 Å². The van der Waals surface area contributed by atoms with Gasteiger partial charge in [0.05, 0.1) is 16.8 Å². The Balaban J connectivity index is 2.88. The molecule has 0 radical (unpaired) electrons. The summed E-state index contributed by atoms with van der Waals surface area (Å²) in [6, 6.07) is 3.14. The van der Waals surface area contributed by atoms with Gasteiger partial charge in [0.1, 0.15) is 5.69 Å². The molecule has 3 N–H and O–H groups in total. The molecule has 2 rings (SSSR count). The van der Waals surface area contributed by atoms with Crippen LogP contribution in [0.2, 0.25) is 0 Å². The van der Waals surface area contributed by atoms with Gasteiger partial charge >= 0.3 is 5.69 Å². The molecule has 0 bridgehead atoms. The molecule has 0 saturated heterocycles. The molecule has 0 aliphatic carbocycles. The average Bonchev–Trinajstić information content (AvgIpc) is 2.50. The van der Waals surface area contributed by atoms with Gasteiger partial charge in [-0.15, -0.1) is 0 Å². The second kappa shape index (κ2) is 2.44. The smallest absolute Gasteiger partial charge is 0.319 e. The lowest BCUT2D eigenvalue weighted by Gasteiger charge is -1.96. The van der Waals surface area contributed by atoms with Crippen molar-refractivity contribution in [1.29, 1.82) is 0 Å². The third-order valence-corrected chi connectivity index (χ3v) is 1.78. The minimum Gasteiger partial charge on any atom is -0.393 e. The molecule has 1 heterocycles. The van der Waals surface area contributed by atoms with E-state index in [2.05, 4.69) is 9.97 Å². The Morgan fingerprint density at radius 1 is 1.54 bits per heavy atom. The quantitative estimate of drug-likeness (QED) is 0.387. The SMILES string of the molecule is Nc1ccc2[nH]cnc2c1[N+](=O)[O-]. The van der Waals surface area contributed by atoms with E-state index in [0.29, 0.717) is 11.0 Å². The van der Waals surface area contributed by atoms with Crippen molar-refractivity contribution in [2.45, 2.75) is 0 Å². The number of fused-ring (bicyclic) bond motifs is 1. The number of nitrogen functional groups attached to an aromatic ring is 1. The van der Waals surface area contributed by atoms with Crippen LogP contribution < -0.4 is 5.73 Å². The second-order valence-electron chi connectivity index (χ2n) is 2.56. The predicted octanol–water partition coefficient (Wildman–Crippen LogP) is 1.05. The Morgan fingerprint density at radius 3 is 3.00 bits per heavy atom. The number of imidazole rings is 1. The number of nitrogens with two attached hydrogens (primary N) is 1. The molecule has 0 spiro atoms. The highest BCUT2D eigenvalue weighted by atomic mass is 16.6. The van der Waals surface area contributed by atoms with Crippen molar-refractivity contribution >= 4 is 22.4 Å². The summed E-state index contributed by atoms with van der Waals surface area (Å²) in [5, 5.41) is 10.6. The van der Waals surface area contributed by atoms with Crippen LogP contribution in [0.15, 0.2) is 18.5 Å². The maximum atomic E-state index is 10.6. The van der Waals surface area contributed by atoms with Crippen LogP contribution in [0.5, 0.6) is 0 Å². The number of rotatable bonds is 1. The van der Waals surface area contributed by atoms with Gasteiger partial charge in [-0.1, -0.05) is 0 Å². The van der Waals surface area contributed by atoms with Gasteiger partial charge in [-0.25, -0.2) is 4.98 Å². The maximum Gasteiger partial charge on any atom is 0.319 e. The number of H-pyrrole nitrogens is 1. The van der Waals surface area contributed by atoms with Crippen LogP contribution in [-0.2, 0) is 0 Å². The van der Waals surface area contributed by atoms with Crippen molar-refractivity contribution in [2.24, 2.45) is 0 Å². The van der Waals surface area contributed by atoms with E-state index in [0.717, 1.165) is 0 Å². The maximum absolute atomic E-state index is 10.6. The van der Waals surface area contributed by atoms with Crippen LogP contribution in [0.1, 0.15) is 0 Å². The fourth-order valence-electron chi connectivity index (χ4n) is 1.20. The highest BCUT2D eigenvalue weighted by Gasteiger charge is 2.17. The van der Waals surface area contributed by atoms with Gasteiger partial charge in [-0.05, 0) is 12.1 Å². The zero-order valence-electron chi connectivity index (χ0n) is 6.52. The highest BCUT2D eigenvalue weighted by molar-refractivity contribution is 5.90. The third kappa shape index (κ3) is 0.994. The number of nitro groups is 1. The molecule has 0 aliphatic rings. The molecule has 2 aromatic rings. The van der Waals surface area contributed by atoms with Crippen molar-refractivity contribution in [3.05, 3.63) is 28.6 Å². The van der Waals surface area contributed by atoms with E-state index >= 15 is 0 Å². The first kappa shape index (κ1) is 7.53. The lowest BCUT2D eigenvalue weighted by atomic mass is 10.2. The number of hydrogen-bond donors (Lipinski definition) is 2. The molecule has 0 fully saturated rings. The molecule has 66 valence electrons. The Kier molecular flexibility index (Phi) is 1.42. The van der Waals surface area contributed by atoms with Gasteiger partial charge in [0, 0.05) is 0 Å². The molecule has 13 heavy (non-hydrogen) atoms. The molecule has 6 nitrogen and oxygen atoms in total. The number of aromatic amines is 1. The first-order valence-electron chi connectivity index (χ1n) is 3.56. The molecule has 0 aliphatic heterocycles. The van der Waals surface area contributed by atoms with Gasteiger partial charge in [-0.2, -0.15) is 0 Å². The van der Waals surface area contributed by atoms with Crippen LogP contribution in [0.4, 0.5) is 11.4 Å². The van der Waals surface area contributed by atoms with Gasteiger partial charge in [0.2, 0.25) is 0 Å². The molecular weight excluding hydrogens is 172 g/mol. The van der Waals surface area contributed by atoms with E-state index in [9.17, 15) is 10.1 Å². The van der Waals surface area contributed by atoms with E-state index in [1.165, 1.54) is 12.4 Å². The van der Waals surface area contributed by atoms with Crippen molar-refractivity contribution in [3.63, 3.8) is 0 Å². The number of benzene rings is 1. The average molecular weight is 178 g/mol. The fraction of sp³-hybridized carbons (Fsp3) is 0. The van der Waals surface area contributed by atoms with Gasteiger partial charge in [0.25, 0.3) is 0 Å². The van der Waals surface area contributed by atoms with Gasteiger partial charge in [-0.3, -0.25) is 10.1 Å². The van der Waals surface area contributed by atoms with Crippen molar-refractivity contribution < 1.29 is 4.92 Å². The third-order valence-electron chi connectivity index (χ3n) is 1.78. The van der Waals surface area contributed by atoms with E-state index in [1.807, 2.05) is 0 Å². The molecular formula is C7H6N4O2. The first-order chi connectivity index (χ1) is 6.20. The summed E-state index contributed by atoms with van der Waals surface area (Å²) in [6.45, 7) is 0. The van der Waals surface area contributed by atoms with Crippen molar-refractivity contribution in [2.75, 3.05) is 5.73 Å². The normalized spacial score (nSPS) is 10.5. The summed E-state index contributed by atoms with van der Waals surface area (Å²) in [6.07, 6.45) is 1.40. The zero-order valence-corrected chi connectivity index (χ0v) is 6.52. The largest absolute Gasteiger partial charge is 0.393 e. The number of anilines is 1. The molecule has 6 heteroatoms. The van der Waals surface area contributed by atoms with Gasteiger partial charge < -0.3 is 10.7 Å². The molecule has 1 aromatic carbocycles. The number of nitrogens with zero attached hydrogens (tertiary/aromatic N) is 2. The summed E-state index contributed by atoms with van der Waals surface area (Å²) in [5.41, 5.74) is 6.35. The molecule has 0 unspecified atom stereocenters. The summed E-state index contributed by atoms with van der Waals surface area (Å²) < 4.78 is 0. The monoisotopic (exact) mass is 178 g/mol. The van der Waals surface area contributed by atoms with Crippen LogP contribution in [0, 0.1) is 10.1 Å². The van der Waals surface area contributed by atoms with Crippen LogP contribution in [-0.4, -0.2) is 14.9 Å². The van der Waals surface area contributed by atoms with E-state index in [-0.39, 0.29) is 11.4 Å². The Morgan fingerprint density at radius 2 is 2.31 bits per heavy atom. The van der Waals surface area contributed by atoms with E-state index in [4.69, 9.17) is 5.73 Å². The summed E-state index contributed by atoms with van der Waals surface area (Å²) >= 11 is 0. The standard InChI is InChI=1S/C7H6N4O2/c8-4-1-2-5-6(10-3-9-5)7(4)11(12)13/h1-3H,8H2,(H,9,10). The Bertz CT molecular complexity index is 476. The lowest BCUT2D eigenvalue weighted by Crippen LogP contribution is -1.96. The van der Waals surface area contributed by atoms with Crippen LogP contribution in [0.25, 0.3) is 11.0 Å². The van der Waals surface area contributed by atoms with Crippen molar-refractivity contribution in [1.82, 2.24) is 9.97 Å². The minimum absolute atomic E-state index is 0.129. The molecule has 0 amide bonds. The number of hydrogen-bond acceptors (Lipinski definition) is 4. The Labute approximate surface area is 72.5 Å².